The number of benzene rings is 2. The summed E-state index contributed by atoms with van der Waals surface area (Å²) in [5.41, 5.74) is 3.43. The van der Waals surface area contributed by atoms with E-state index in [0.717, 1.165) is 22.3 Å². The van der Waals surface area contributed by atoms with Gasteiger partial charge in [-0.15, -0.1) is 0 Å². The van der Waals surface area contributed by atoms with Gasteiger partial charge in [-0.2, -0.15) is 10.2 Å². The summed E-state index contributed by atoms with van der Waals surface area (Å²) >= 11 is 0. The van der Waals surface area contributed by atoms with Gasteiger partial charge in [-0.25, -0.2) is 0 Å². The Kier molecular flexibility index (Phi) is 6.74. The van der Waals surface area contributed by atoms with Crippen molar-refractivity contribution < 1.29 is 9.53 Å². The summed E-state index contributed by atoms with van der Waals surface area (Å²) in [4.78, 5) is 30.8. The highest BCUT2D eigenvalue weighted by Crippen LogP contribution is 2.26. The number of hydrogen-bond acceptors (Lipinski definition) is 5. The van der Waals surface area contributed by atoms with Gasteiger partial charge in [-0.1, -0.05) is 42.5 Å². The third-order valence-electron chi connectivity index (χ3n) is 5.41. The second-order valence-corrected chi connectivity index (χ2v) is 8.28. The van der Waals surface area contributed by atoms with Crippen LogP contribution in [0.2, 0.25) is 0 Å². The fourth-order valence-electron chi connectivity index (χ4n) is 3.76. The Morgan fingerprint density at radius 3 is 2.49 bits per heavy atom. The fraction of sp³-hybridized carbons (Fsp3) is 0.143. The monoisotopic (exact) mass is 464 g/mol. The lowest BCUT2D eigenvalue weighted by Crippen LogP contribution is -2.25. The maximum Gasteiger partial charge on any atom is 0.269 e. The van der Waals surface area contributed by atoms with Gasteiger partial charge in [0.05, 0.1) is 0 Å². The van der Waals surface area contributed by atoms with Crippen LogP contribution in [0.25, 0.3) is 11.7 Å². The summed E-state index contributed by atoms with van der Waals surface area (Å²) in [6, 6.07) is 20.5. The number of aryl methyl sites for hydroxylation is 3. The lowest BCUT2D eigenvalue weighted by molar-refractivity contribution is -0.117. The standard InChI is InChI=1S/C28H24N4O3/c1-18-12-19(2)14-23(13-18)35-27-24(28(34)32-11-7-8-20(3)25(32)31-27)15-22(16-29)26(33)30-17-21-9-5-4-6-10-21/h4-15H,17H2,1-3H3,(H,30,33). The molecule has 0 aliphatic heterocycles. The second-order valence-electron chi connectivity index (χ2n) is 8.28. The maximum absolute atomic E-state index is 13.4. The lowest BCUT2D eigenvalue weighted by atomic mass is 10.1. The maximum atomic E-state index is 13.4. The molecular formula is C28H24N4O3. The van der Waals surface area contributed by atoms with Crippen LogP contribution in [0.15, 0.2) is 77.2 Å². The van der Waals surface area contributed by atoms with E-state index < -0.39 is 11.5 Å². The van der Waals surface area contributed by atoms with Crippen molar-refractivity contribution in [2.24, 2.45) is 0 Å². The van der Waals surface area contributed by atoms with Gasteiger partial charge >= 0.3 is 0 Å². The van der Waals surface area contributed by atoms with Crippen LogP contribution in [0.4, 0.5) is 0 Å². The number of rotatable bonds is 6. The molecule has 35 heavy (non-hydrogen) atoms. The molecule has 0 unspecified atom stereocenters. The van der Waals surface area contributed by atoms with E-state index in [1.54, 1.807) is 12.3 Å². The van der Waals surface area contributed by atoms with Crippen molar-refractivity contribution >= 4 is 17.6 Å². The number of nitrogens with zero attached hydrogens (tertiary/aromatic N) is 3. The van der Waals surface area contributed by atoms with Gasteiger partial charge in [0.1, 0.15) is 28.6 Å². The zero-order chi connectivity index (χ0) is 24.9. The van der Waals surface area contributed by atoms with Crippen LogP contribution in [0.3, 0.4) is 0 Å². The molecule has 174 valence electrons. The third kappa shape index (κ3) is 5.28. The molecule has 1 amide bonds. The number of pyridine rings is 1. The predicted molar refractivity (Wildman–Crippen MR) is 134 cm³/mol. The Morgan fingerprint density at radius 1 is 1.09 bits per heavy atom. The quantitative estimate of drug-likeness (QED) is 0.331. The SMILES string of the molecule is Cc1cc(C)cc(Oc2nc3c(C)cccn3c(=O)c2C=C(C#N)C(=O)NCc2ccccc2)c1. The van der Waals surface area contributed by atoms with Crippen LogP contribution >= 0.6 is 0 Å². The van der Waals surface area contributed by atoms with E-state index in [4.69, 9.17) is 4.74 Å². The Hall–Kier alpha value is -4.70. The van der Waals surface area contributed by atoms with E-state index in [1.807, 2.05) is 81.4 Å². The molecule has 2 aromatic heterocycles. The molecule has 4 rings (SSSR count). The van der Waals surface area contributed by atoms with E-state index in [-0.39, 0.29) is 23.6 Å². The third-order valence-corrected chi connectivity index (χ3v) is 5.41. The molecule has 7 nitrogen and oxygen atoms in total. The van der Waals surface area contributed by atoms with Gasteiger partial charge in [0.2, 0.25) is 5.88 Å². The Labute approximate surface area is 203 Å². The summed E-state index contributed by atoms with van der Waals surface area (Å²) in [5, 5.41) is 12.4. The highest BCUT2D eigenvalue weighted by atomic mass is 16.5. The summed E-state index contributed by atoms with van der Waals surface area (Å²) in [7, 11) is 0. The zero-order valence-electron chi connectivity index (χ0n) is 19.7. The van der Waals surface area contributed by atoms with E-state index in [1.165, 1.54) is 10.5 Å². The van der Waals surface area contributed by atoms with Gasteiger partial charge in [0.25, 0.3) is 11.5 Å². The smallest absolute Gasteiger partial charge is 0.269 e. The number of nitrogens with one attached hydrogen (secondary N) is 1. The first kappa shape index (κ1) is 23.5. The minimum Gasteiger partial charge on any atom is -0.438 e. The Balaban J connectivity index is 1.79. The van der Waals surface area contributed by atoms with Crippen molar-refractivity contribution in [2.45, 2.75) is 27.3 Å². The first-order chi connectivity index (χ1) is 16.9. The van der Waals surface area contributed by atoms with Gasteiger partial charge in [-0.3, -0.25) is 14.0 Å². The normalized spacial score (nSPS) is 11.2. The molecule has 2 heterocycles. The molecule has 2 aromatic carbocycles. The molecule has 0 bridgehead atoms. The largest absolute Gasteiger partial charge is 0.438 e. The number of amides is 1. The van der Waals surface area contributed by atoms with Crippen molar-refractivity contribution in [3.8, 4) is 17.7 Å². The predicted octanol–water partition coefficient (Wildman–Crippen LogP) is 4.64. The Bertz CT molecular complexity index is 1530. The first-order valence-corrected chi connectivity index (χ1v) is 11.1. The van der Waals surface area contributed by atoms with Gasteiger partial charge in [0.15, 0.2) is 0 Å². The minimum absolute atomic E-state index is 0.0127. The van der Waals surface area contributed by atoms with Crippen molar-refractivity contribution in [3.63, 3.8) is 0 Å². The van der Waals surface area contributed by atoms with E-state index in [0.29, 0.717) is 11.4 Å². The molecule has 0 fully saturated rings. The molecule has 0 saturated carbocycles. The molecule has 0 radical (unpaired) electrons. The molecule has 0 atom stereocenters. The molecule has 0 aliphatic rings. The van der Waals surface area contributed by atoms with Crippen LogP contribution in [-0.4, -0.2) is 15.3 Å². The molecular weight excluding hydrogens is 440 g/mol. The Morgan fingerprint density at radius 2 is 1.80 bits per heavy atom. The van der Waals surface area contributed by atoms with Gasteiger partial charge in [-0.05, 0) is 67.3 Å². The summed E-state index contributed by atoms with van der Waals surface area (Å²) in [6.45, 7) is 5.98. The van der Waals surface area contributed by atoms with Crippen molar-refractivity contribution in [2.75, 3.05) is 0 Å². The highest BCUT2D eigenvalue weighted by molar-refractivity contribution is 6.01. The molecule has 1 N–H and O–H groups in total. The van der Waals surface area contributed by atoms with Crippen LogP contribution in [0.1, 0.15) is 27.8 Å². The lowest BCUT2D eigenvalue weighted by Gasteiger charge is -2.12. The number of fused-ring (bicyclic) bond motifs is 1. The molecule has 7 heteroatoms. The number of carbonyl (C=O) groups excluding carboxylic acids is 1. The van der Waals surface area contributed by atoms with Gasteiger partial charge in [0, 0.05) is 12.7 Å². The summed E-state index contributed by atoms with van der Waals surface area (Å²) in [6.07, 6.45) is 2.83. The van der Waals surface area contributed by atoms with Crippen LogP contribution < -0.4 is 15.6 Å². The zero-order valence-corrected chi connectivity index (χ0v) is 19.7. The van der Waals surface area contributed by atoms with Gasteiger partial charge < -0.3 is 10.1 Å². The highest BCUT2D eigenvalue weighted by Gasteiger charge is 2.18. The number of carbonyl (C=O) groups is 1. The van der Waals surface area contributed by atoms with Crippen molar-refractivity contribution in [3.05, 3.63) is 111 Å². The van der Waals surface area contributed by atoms with Crippen LogP contribution in [-0.2, 0) is 11.3 Å². The fourth-order valence-corrected chi connectivity index (χ4v) is 3.76. The first-order valence-electron chi connectivity index (χ1n) is 11.1. The molecule has 0 saturated heterocycles. The van der Waals surface area contributed by atoms with Crippen molar-refractivity contribution in [1.29, 1.82) is 5.26 Å². The number of hydrogen-bond donors (Lipinski definition) is 1. The molecule has 4 aromatic rings. The number of ether oxygens (including phenoxy) is 1. The molecule has 0 spiro atoms. The minimum atomic E-state index is -0.595. The van der Waals surface area contributed by atoms with E-state index in [2.05, 4.69) is 10.3 Å². The molecule has 0 aliphatic carbocycles. The topological polar surface area (TPSA) is 96.5 Å². The van der Waals surface area contributed by atoms with Crippen molar-refractivity contribution in [1.82, 2.24) is 14.7 Å². The summed E-state index contributed by atoms with van der Waals surface area (Å²) in [5.74, 6) is -0.0608. The van der Waals surface area contributed by atoms with E-state index in [9.17, 15) is 14.9 Å². The average Bonchev–Trinajstić information content (AvgIpc) is 2.83. The van der Waals surface area contributed by atoms with E-state index >= 15 is 0 Å². The average molecular weight is 465 g/mol. The number of aromatic nitrogens is 2. The summed E-state index contributed by atoms with van der Waals surface area (Å²) < 4.78 is 7.44. The van der Waals surface area contributed by atoms with Crippen LogP contribution in [0.5, 0.6) is 11.6 Å². The van der Waals surface area contributed by atoms with Crippen LogP contribution in [0, 0.1) is 32.1 Å². The second kappa shape index (κ2) is 10.1. The number of nitriles is 1.